The quantitative estimate of drug-likeness (QED) is 0.463. The molecule has 5 rings (SSSR count). The molecule has 0 radical (unpaired) electrons. The predicted octanol–water partition coefficient (Wildman–Crippen LogP) is 2.98. The summed E-state index contributed by atoms with van der Waals surface area (Å²) in [6.07, 6.45) is 0. The molecule has 0 saturated heterocycles. The van der Waals surface area contributed by atoms with Crippen molar-refractivity contribution in [3.05, 3.63) is 75.4 Å². The van der Waals surface area contributed by atoms with Gasteiger partial charge in [-0.1, -0.05) is 60.1 Å². The molecule has 5 aromatic rings. The molecule has 0 spiro atoms. The van der Waals surface area contributed by atoms with Crippen molar-refractivity contribution in [1.29, 1.82) is 0 Å². The SMILES string of the molecule is Cc1nc2c(Cl)n[nH]c(=O)c2n1Cc1ccc(-c2ccccc2-c2nn[nH]n2)cc1. The Bertz CT molecular complexity index is 1400. The van der Waals surface area contributed by atoms with Crippen molar-refractivity contribution in [1.82, 2.24) is 40.4 Å². The lowest BCUT2D eigenvalue weighted by Gasteiger charge is -2.10. The van der Waals surface area contributed by atoms with Gasteiger partial charge in [-0.05, 0) is 28.8 Å². The second-order valence-electron chi connectivity index (χ2n) is 6.76. The van der Waals surface area contributed by atoms with E-state index < -0.39 is 0 Å². The van der Waals surface area contributed by atoms with Crippen molar-refractivity contribution in [3.63, 3.8) is 0 Å². The number of fused-ring (bicyclic) bond motifs is 1. The molecule has 3 aromatic heterocycles. The minimum Gasteiger partial charge on any atom is -0.319 e. The van der Waals surface area contributed by atoms with Crippen LogP contribution < -0.4 is 5.56 Å². The highest BCUT2D eigenvalue weighted by Crippen LogP contribution is 2.30. The van der Waals surface area contributed by atoms with Crippen LogP contribution in [-0.2, 0) is 6.54 Å². The van der Waals surface area contributed by atoms with E-state index in [1.54, 1.807) is 0 Å². The molecule has 0 amide bonds. The first-order valence-corrected chi connectivity index (χ1v) is 9.53. The fourth-order valence-corrected chi connectivity index (χ4v) is 3.69. The molecule has 0 bridgehead atoms. The van der Waals surface area contributed by atoms with Gasteiger partial charge < -0.3 is 4.57 Å². The molecule has 2 N–H and O–H groups in total. The average Bonchev–Trinajstić information content (AvgIpc) is 3.41. The van der Waals surface area contributed by atoms with Crippen molar-refractivity contribution in [2.24, 2.45) is 0 Å². The number of hydrogen-bond donors (Lipinski definition) is 2. The highest BCUT2D eigenvalue weighted by atomic mass is 35.5. The second-order valence-corrected chi connectivity index (χ2v) is 7.12. The second kappa shape index (κ2) is 7.20. The van der Waals surface area contributed by atoms with E-state index >= 15 is 0 Å². The fraction of sp³-hybridized carbons (Fsp3) is 0.100. The number of benzene rings is 2. The van der Waals surface area contributed by atoms with Crippen molar-refractivity contribution in [2.45, 2.75) is 13.5 Å². The minimum absolute atomic E-state index is 0.180. The number of hydrogen-bond acceptors (Lipinski definition) is 6. The fourth-order valence-electron chi connectivity index (χ4n) is 3.52. The average molecular weight is 419 g/mol. The molecule has 0 saturated carbocycles. The molecule has 0 unspecified atom stereocenters. The number of rotatable bonds is 4. The summed E-state index contributed by atoms with van der Waals surface area (Å²) in [6.45, 7) is 2.32. The number of nitrogens with one attached hydrogen (secondary N) is 2. The molecule has 9 nitrogen and oxygen atoms in total. The van der Waals surface area contributed by atoms with E-state index in [1.807, 2.05) is 60.0 Å². The van der Waals surface area contributed by atoms with Crippen LogP contribution in [0.25, 0.3) is 33.5 Å². The van der Waals surface area contributed by atoms with Crippen molar-refractivity contribution < 1.29 is 0 Å². The molecule has 148 valence electrons. The maximum Gasteiger partial charge on any atom is 0.290 e. The summed E-state index contributed by atoms with van der Waals surface area (Å²) in [5.74, 6) is 1.23. The maximum absolute atomic E-state index is 12.3. The molecule has 0 fully saturated rings. The highest BCUT2D eigenvalue weighted by molar-refractivity contribution is 6.33. The van der Waals surface area contributed by atoms with Crippen LogP contribution >= 0.6 is 11.6 Å². The van der Waals surface area contributed by atoms with Crippen LogP contribution in [0.5, 0.6) is 0 Å². The molecule has 0 aliphatic rings. The Hall–Kier alpha value is -3.85. The van der Waals surface area contributed by atoms with Crippen LogP contribution in [0, 0.1) is 6.92 Å². The number of nitrogens with zero attached hydrogens (tertiary/aromatic N) is 6. The van der Waals surface area contributed by atoms with E-state index in [9.17, 15) is 4.79 Å². The lowest BCUT2D eigenvalue weighted by atomic mass is 9.98. The van der Waals surface area contributed by atoms with Gasteiger partial charge in [0.2, 0.25) is 5.82 Å². The molecule has 30 heavy (non-hydrogen) atoms. The van der Waals surface area contributed by atoms with Gasteiger partial charge in [-0.3, -0.25) is 4.79 Å². The number of aromatic amines is 2. The number of tetrazole rings is 1. The summed E-state index contributed by atoms with van der Waals surface area (Å²) >= 11 is 6.09. The van der Waals surface area contributed by atoms with Gasteiger partial charge >= 0.3 is 0 Å². The first kappa shape index (κ1) is 18.2. The van der Waals surface area contributed by atoms with E-state index in [-0.39, 0.29) is 10.7 Å². The standard InChI is InChI=1S/C20H15ClN8O/c1-11-22-16-17(20(30)26-23-18(16)21)29(11)10-12-6-8-13(9-7-12)14-4-2-3-5-15(14)19-24-27-28-25-19/h2-9H,10H2,1H3,(H,26,30)(H,24,25,27,28). The first-order valence-electron chi connectivity index (χ1n) is 9.15. The Morgan fingerprint density at radius 1 is 1.03 bits per heavy atom. The zero-order valence-electron chi connectivity index (χ0n) is 15.8. The van der Waals surface area contributed by atoms with E-state index in [1.165, 1.54) is 0 Å². The van der Waals surface area contributed by atoms with Crippen molar-refractivity contribution in [3.8, 4) is 22.5 Å². The summed E-state index contributed by atoms with van der Waals surface area (Å²) in [6, 6.07) is 16.0. The van der Waals surface area contributed by atoms with E-state index in [4.69, 9.17) is 11.6 Å². The van der Waals surface area contributed by atoms with E-state index in [0.29, 0.717) is 29.2 Å². The van der Waals surface area contributed by atoms with Gasteiger partial charge in [-0.25, -0.2) is 10.1 Å². The molecule has 3 heterocycles. The van der Waals surface area contributed by atoms with Gasteiger partial charge in [0.1, 0.15) is 16.9 Å². The zero-order valence-corrected chi connectivity index (χ0v) is 16.6. The largest absolute Gasteiger partial charge is 0.319 e. The van der Waals surface area contributed by atoms with Gasteiger partial charge in [-0.15, -0.1) is 10.2 Å². The molecule has 0 aliphatic heterocycles. The van der Waals surface area contributed by atoms with Gasteiger partial charge in [0.25, 0.3) is 5.56 Å². The maximum atomic E-state index is 12.3. The molecule has 10 heteroatoms. The number of H-pyrrole nitrogens is 2. The van der Waals surface area contributed by atoms with Crippen molar-refractivity contribution >= 4 is 22.6 Å². The Balaban J connectivity index is 1.51. The Morgan fingerprint density at radius 3 is 2.53 bits per heavy atom. The van der Waals surface area contributed by atoms with Gasteiger partial charge in [0.15, 0.2) is 5.15 Å². The summed E-state index contributed by atoms with van der Waals surface area (Å²) in [7, 11) is 0. The highest BCUT2D eigenvalue weighted by Gasteiger charge is 2.16. The minimum atomic E-state index is -0.319. The number of imidazole rings is 1. The summed E-state index contributed by atoms with van der Waals surface area (Å²) in [5, 5.41) is 20.7. The van der Waals surface area contributed by atoms with Crippen LogP contribution in [0.1, 0.15) is 11.4 Å². The van der Waals surface area contributed by atoms with Gasteiger partial charge in [0.05, 0.1) is 0 Å². The van der Waals surface area contributed by atoms with Crippen molar-refractivity contribution in [2.75, 3.05) is 0 Å². The van der Waals surface area contributed by atoms with Gasteiger partial charge in [0, 0.05) is 12.1 Å². The molecular formula is C20H15ClN8O. The molecule has 0 atom stereocenters. The normalized spacial score (nSPS) is 11.3. The summed E-state index contributed by atoms with van der Waals surface area (Å²) in [5.41, 5.74) is 4.44. The Kier molecular flexibility index (Phi) is 4.36. The van der Waals surface area contributed by atoms with Crippen LogP contribution in [0.3, 0.4) is 0 Å². The van der Waals surface area contributed by atoms with E-state index in [2.05, 4.69) is 35.8 Å². The topological polar surface area (TPSA) is 118 Å². The lowest BCUT2D eigenvalue weighted by molar-refractivity contribution is 0.780. The molecular weight excluding hydrogens is 404 g/mol. The number of halogens is 1. The lowest BCUT2D eigenvalue weighted by Crippen LogP contribution is -2.14. The van der Waals surface area contributed by atoms with Gasteiger partial charge in [-0.2, -0.15) is 10.3 Å². The number of aromatic nitrogens is 8. The monoisotopic (exact) mass is 418 g/mol. The zero-order chi connectivity index (χ0) is 20.7. The third-order valence-electron chi connectivity index (χ3n) is 4.94. The number of aryl methyl sites for hydroxylation is 1. The third-order valence-corrected chi connectivity index (χ3v) is 5.21. The van der Waals surface area contributed by atoms with Crippen LogP contribution in [-0.4, -0.2) is 40.4 Å². The Labute approximate surface area is 174 Å². The molecule has 0 aliphatic carbocycles. The Morgan fingerprint density at radius 2 is 1.80 bits per heavy atom. The first-order chi connectivity index (χ1) is 14.6. The van der Waals surface area contributed by atoms with Crippen LogP contribution in [0.4, 0.5) is 0 Å². The smallest absolute Gasteiger partial charge is 0.290 e. The third kappa shape index (κ3) is 3.05. The summed E-state index contributed by atoms with van der Waals surface area (Å²) in [4.78, 5) is 16.7. The van der Waals surface area contributed by atoms with E-state index in [0.717, 1.165) is 22.3 Å². The van der Waals surface area contributed by atoms with Crippen LogP contribution in [0.2, 0.25) is 5.15 Å². The molecule has 2 aromatic carbocycles. The summed E-state index contributed by atoms with van der Waals surface area (Å²) < 4.78 is 1.84. The predicted molar refractivity (Wildman–Crippen MR) is 112 cm³/mol. The van der Waals surface area contributed by atoms with Crippen LogP contribution in [0.15, 0.2) is 53.3 Å².